The zero-order valence-electron chi connectivity index (χ0n) is 8.95. The summed E-state index contributed by atoms with van der Waals surface area (Å²) in [7, 11) is 0. The fourth-order valence-corrected chi connectivity index (χ4v) is 2.44. The van der Waals surface area contributed by atoms with Crippen molar-refractivity contribution in [2.45, 2.75) is 32.2 Å². The Bertz CT molecular complexity index is 558. The summed E-state index contributed by atoms with van der Waals surface area (Å²) in [5, 5.41) is 0. The zero-order chi connectivity index (χ0) is 11.9. The lowest BCUT2D eigenvalue weighted by Crippen LogP contribution is -2.35. The molecule has 0 aromatic carbocycles. The number of carbonyl (C=O) groups excluding carboxylic acids is 1. The largest absolute Gasteiger partial charge is 0.368 e. The number of H-pyrrole nitrogens is 1. The molecule has 0 saturated carbocycles. The van der Waals surface area contributed by atoms with Crippen molar-refractivity contribution < 1.29 is 4.79 Å². The van der Waals surface area contributed by atoms with E-state index in [1.807, 2.05) is 0 Å². The van der Waals surface area contributed by atoms with Crippen molar-refractivity contribution in [1.29, 1.82) is 0 Å². The van der Waals surface area contributed by atoms with Crippen molar-refractivity contribution in [3.63, 3.8) is 0 Å². The van der Waals surface area contributed by atoms with Gasteiger partial charge < -0.3 is 5.73 Å². The van der Waals surface area contributed by atoms with Crippen LogP contribution in [0, 0.1) is 4.64 Å². The Hall–Kier alpha value is -1.43. The second-order valence-electron chi connectivity index (χ2n) is 3.99. The fourth-order valence-electron chi connectivity index (χ4n) is 2.13. The monoisotopic (exact) mass is 239 g/mol. The van der Waals surface area contributed by atoms with E-state index in [0.717, 1.165) is 30.5 Å². The van der Waals surface area contributed by atoms with Crippen LogP contribution in [0.5, 0.6) is 0 Å². The van der Waals surface area contributed by atoms with Gasteiger partial charge in [-0.25, -0.2) is 4.79 Å². The van der Waals surface area contributed by atoms with Crippen LogP contribution in [0.15, 0.2) is 4.79 Å². The zero-order valence-corrected chi connectivity index (χ0v) is 9.76. The first-order valence-corrected chi connectivity index (χ1v) is 5.59. The number of aromatic amines is 1. The van der Waals surface area contributed by atoms with Gasteiger partial charge in [-0.1, -0.05) is 12.2 Å². The molecule has 16 heavy (non-hydrogen) atoms. The maximum Gasteiger partial charge on any atom is 0.327 e. The molecule has 1 atom stereocenters. The normalized spacial score (nSPS) is 15.8. The van der Waals surface area contributed by atoms with Crippen LogP contribution in [0.4, 0.5) is 0 Å². The van der Waals surface area contributed by atoms with Gasteiger partial charge in [-0.05, 0) is 26.2 Å². The molecule has 0 saturated heterocycles. The summed E-state index contributed by atoms with van der Waals surface area (Å²) in [6.07, 6.45) is 2.60. The van der Waals surface area contributed by atoms with Crippen molar-refractivity contribution in [2.24, 2.45) is 5.73 Å². The number of nitrogens with two attached hydrogens (primary N) is 1. The van der Waals surface area contributed by atoms with Crippen LogP contribution >= 0.6 is 12.2 Å². The summed E-state index contributed by atoms with van der Waals surface area (Å²) < 4.78 is 1.92. The van der Waals surface area contributed by atoms with Gasteiger partial charge in [0.2, 0.25) is 5.91 Å². The van der Waals surface area contributed by atoms with E-state index in [2.05, 4.69) is 4.98 Å². The summed E-state index contributed by atoms with van der Waals surface area (Å²) in [5.41, 5.74) is 6.72. The van der Waals surface area contributed by atoms with Gasteiger partial charge in [-0.3, -0.25) is 14.3 Å². The van der Waals surface area contributed by atoms with Crippen LogP contribution in [-0.2, 0) is 17.6 Å². The Kier molecular flexibility index (Phi) is 2.67. The average molecular weight is 239 g/mol. The van der Waals surface area contributed by atoms with Gasteiger partial charge in [-0.15, -0.1) is 0 Å². The first-order chi connectivity index (χ1) is 7.52. The Balaban J connectivity index is 2.71. The number of nitrogens with zero attached hydrogens (tertiary/aromatic N) is 1. The molecule has 0 aliphatic heterocycles. The van der Waals surface area contributed by atoms with Gasteiger partial charge in [0.05, 0.1) is 0 Å². The molecular formula is C10H13N3O2S. The smallest absolute Gasteiger partial charge is 0.327 e. The molecule has 1 aliphatic rings. The summed E-state index contributed by atoms with van der Waals surface area (Å²) in [5.74, 6) is -0.512. The first kappa shape index (κ1) is 11.1. The highest BCUT2D eigenvalue weighted by Gasteiger charge is 2.23. The summed E-state index contributed by atoms with van der Waals surface area (Å²) in [4.78, 5) is 25.5. The number of primary amides is 1. The summed E-state index contributed by atoms with van der Waals surface area (Å²) in [6, 6.07) is -0.633. The second kappa shape index (κ2) is 3.86. The summed E-state index contributed by atoms with van der Waals surface area (Å²) >= 11 is 5.09. The van der Waals surface area contributed by atoms with E-state index in [-0.39, 0.29) is 5.69 Å². The quantitative estimate of drug-likeness (QED) is 0.735. The molecule has 1 heterocycles. The number of aromatic nitrogens is 2. The van der Waals surface area contributed by atoms with Crippen LogP contribution < -0.4 is 11.4 Å². The number of hydrogen-bond donors (Lipinski definition) is 2. The van der Waals surface area contributed by atoms with Crippen molar-refractivity contribution >= 4 is 18.1 Å². The first-order valence-electron chi connectivity index (χ1n) is 5.18. The molecule has 0 bridgehead atoms. The van der Waals surface area contributed by atoms with Crippen LogP contribution in [-0.4, -0.2) is 15.5 Å². The van der Waals surface area contributed by atoms with Crippen molar-refractivity contribution in [3.05, 3.63) is 26.4 Å². The van der Waals surface area contributed by atoms with Crippen molar-refractivity contribution in [2.75, 3.05) is 0 Å². The minimum Gasteiger partial charge on any atom is -0.368 e. The molecule has 86 valence electrons. The summed E-state index contributed by atoms with van der Waals surface area (Å²) in [6.45, 7) is 1.62. The predicted octanol–water partition coefficient (Wildman–Crippen LogP) is 0.441. The van der Waals surface area contributed by atoms with Crippen LogP contribution in [0.1, 0.15) is 30.6 Å². The molecule has 6 heteroatoms. The van der Waals surface area contributed by atoms with E-state index in [4.69, 9.17) is 18.0 Å². The third kappa shape index (κ3) is 1.59. The Labute approximate surface area is 97.3 Å². The van der Waals surface area contributed by atoms with Crippen LogP contribution in [0.3, 0.4) is 0 Å². The highest BCUT2D eigenvalue weighted by molar-refractivity contribution is 7.71. The fraction of sp³-hybridized carbons (Fsp3) is 0.500. The number of amides is 1. The van der Waals surface area contributed by atoms with E-state index < -0.39 is 11.9 Å². The van der Waals surface area contributed by atoms with Gasteiger partial charge in [0.1, 0.15) is 10.7 Å². The van der Waals surface area contributed by atoms with Crippen molar-refractivity contribution in [1.82, 2.24) is 9.55 Å². The molecule has 0 fully saturated rings. The number of fused-ring (bicyclic) bond motifs is 1. The number of nitrogens with one attached hydrogen (secondary N) is 1. The molecule has 1 aliphatic carbocycles. The number of hydrogen-bond acceptors (Lipinski definition) is 3. The molecule has 3 N–H and O–H groups in total. The third-order valence-electron chi connectivity index (χ3n) is 2.99. The predicted molar refractivity (Wildman–Crippen MR) is 61.8 cm³/mol. The van der Waals surface area contributed by atoms with Gasteiger partial charge in [0.15, 0.2) is 0 Å². The lowest BCUT2D eigenvalue weighted by molar-refractivity contribution is -0.120. The van der Waals surface area contributed by atoms with Crippen molar-refractivity contribution in [3.8, 4) is 0 Å². The van der Waals surface area contributed by atoms with Gasteiger partial charge >= 0.3 is 5.69 Å². The molecule has 2 rings (SSSR count). The molecule has 0 unspecified atom stereocenters. The Morgan fingerprint density at radius 1 is 1.56 bits per heavy atom. The van der Waals surface area contributed by atoms with E-state index in [1.165, 1.54) is 4.57 Å². The Morgan fingerprint density at radius 3 is 2.88 bits per heavy atom. The lowest BCUT2D eigenvalue weighted by atomic mass is 10.2. The molecule has 1 amide bonds. The van der Waals surface area contributed by atoms with Gasteiger partial charge in [0.25, 0.3) is 0 Å². The molecular weight excluding hydrogens is 226 g/mol. The molecule has 5 nitrogen and oxygen atoms in total. The molecule has 0 spiro atoms. The lowest BCUT2D eigenvalue weighted by Gasteiger charge is -2.16. The third-order valence-corrected chi connectivity index (χ3v) is 3.34. The topological polar surface area (TPSA) is 80.9 Å². The van der Waals surface area contributed by atoms with Gasteiger partial charge in [0, 0.05) is 11.3 Å². The van der Waals surface area contributed by atoms with E-state index in [9.17, 15) is 9.59 Å². The van der Waals surface area contributed by atoms with Crippen LogP contribution in [0.25, 0.3) is 0 Å². The number of carbonyl (C=O) groups is 1. The minimum absolute atomic E-state index is 0.350. The van der Waals surface area contributed by atoms with Gasteiger partial charge in [-0.2, -0.15) is 0 Å². The maximum absolute atomic E-state index is 11.8. The van der Waals surface area contributed by atoms with E-state index >= 15 is 0 Å². The highest BCUT2D eigenvalue weighted by Crippen LogP contribution is 2.22. The maximum atomic E-state index is 11.8. The minimum atomic E-state index is -0.633. The standard InChI is InChI=1S/C10H13N3O2S/c1-5(8(11)14)13-7-4-2-3-6(7)9(16)12-10(13)15/h5H,2-4H2,1H3,(H2,11,14)(H,12,15,16)/t5-/m1/s1. The van der Waals surface area contributed by atoms with E-state index in [1.54, 1.807) is 6.92 Å². The number of rotatable bonds is 2. The van der Waals surface area contributed by atoms with Crippen LogP contribution in [0.2, 0.25) is 0 Å². The highest BCUT2D eigenvalue weighted by atomic mass is 32.1. The SMILES string of the molecule is C[C@H](C(N)=O)n1c2c(c(=S)[nH]c1=O)CCC2. The van der Waals surface area contributed by atoms with E-state index in [0.29, 0.717) is 4.64 Å². The second-order valence-corrected chi connectivity index (χ2v) is 4.39. The molecule has 1 aromatic heterocycles. The Morgan fingerprint density at radius 2 is 2.25 bits per heavy atom. The molecule has 0 radical (unpaired) electrons. The molecule has 1 aromatic rings. The average Bonchev–Trinajstić information content (AvgIpc) is 2.66.